The van der Waals surface area contributed by atoms with E-state index in [0.717, 1.165) is 0 Å². The van der Waals surface area contributed by atoms with Crippen LogP contribution in [0.3, 0.4) is 0 Å². The van der Waals surface area contributed by atoms with Gasteiger partial charge < -0.3 is 0 Å². The second kappa shape index (κ2) is 4.04. The standard InChI is InChI=1S/C10H5BrN2O/c1-6(14)9-2-7(4-12)8(5-13)3-10(9)11/h2-3H,1H3. The van der Waals surface area contributed by atoms with Gasteiger partial charge in [0.15, 0.2) is 5.78 Å². The van der Waals surface area contributed by atoms with Gasteiger partial charge in [0.1, 0.15) is 12.1 Å². The van der Waals surface area contributed by atoms with Crippen LogP contribution in [0.15, 0.2) is 16.6 Å². The smallest absolute Gasteiger partial charge is 0.160 e. The maximum absolute atomic E-state index is 11.1. The molecule has 0 aliphatic carbocycles. The highest BCUT2D eigenvalue weighted by Crippen LogP contribution is 2.21. The zero-order valence-electron chi connectivity index (χ0n) is 7.34. The van der Waals surface area contributed by atoms with Crippen LogP contribution in [0.5, 0.6) is 0 Å². The van der Waals surface area contributed by atoms with E-state index in [1.807, 2.05) is 12.1 Å². The van der Waals surface area contributed by atoms with Crippen LogP contribution in [0.4, 0.5) is 0 Å². The maximum Gasteiger partial charge on any atom is 0.160 e. The number of benzene rings is 1. The minimum Gasteiger partial charge on any atom is -0.294 e. The second-order valence-electron chi connectivity index (χ2n) is 2.66. The predicted molar refractivity (Wildman–Crippen MR) is 53.6 cm³/mol. The lowest BCUT2D eigenvalue weighted by molar-refractivity contribution is 0.101. The minimum atomic E-state index is -0.141. The summed E-state index contributed by atoms with van der Waals surface area (Å²) in [4.78, 5) is 11.1. The number of carbonyl (C=O) groups is 1. The van der Waals surface area contributed by atoms with E-state index in [1.54, 1.807) is 0 Å². The van der Waals surface area contributed by atoms with Crippen LogP contribution < -0.4 is 0 Å². The zero-order valence-corrected chi connectivity index (χ0v) is 8.92. The third-order valence-corrected chi connectivity index (χ3v) is 2.38. The van der Waals surface area contributed by atoms with Gasteiger partial charge in [-0.25, -0.2) is 0 Å². The number of nitrogens with zero attached hydrogens (tertiary/aromatic N) is 2. The van der Waals surface area contributed by atoms with Crippen molar-refractivity contribution in [3.63, 3.8) is 0 Å². The van der Waals surface area contributed by atoms with Gasteiger partial charge in [0.2, 0.25) is 0 Å². The number of halogens is 1. The Hall–Kier alpha value is -1.65. The van der Waals surface area contributed by atoms with Crippen molar-refractivity contribution in [1.29, 1.82) is 10.5 Å². The van der Waals surface area contributed by atoms with Crippen LogP contribution in [0.25, 0.3) is 0 Å². The molecule has 68 valence electrons. The molecule has 4 heteroatoms. The lowest BCUT2D eigenvalue weighted by Gasteiger charge is -2.01. The van der Waals surface area contributed by atoms with Crippen molar-refractivity contribution in [2.45, 2.75) is 6.92 Å². The van der Waals surface area contributed by atoms with E-state index in [1.165, 1.54) is 19.1 Å². The average molecular weight is 249 g/mol. The number of nitriles is 2. The number of ketones is 1. The molecule has 0 amide bonds. The number of carbonyl (C=O) groups excluding carboxylic acids is 1. The zero-order chi connectivity index (χ0) is 10.7. The molecule has 0 bridgehead atoms. The molecule has 1 aromatic carbocycles. The molecular weight excluding hydrogens is 244 g/mol. The van der Waals surface area contributed by atoms with Crippen LogP contribution in [0, 0.1) is 22.7 Å². The van der Waals surface area contributed by atoms with Crippen LogP contribution in [-0.4, -0.2) is 5.78 Å². The molecule has 1 rings (SSSR count). The summed E-state index contributed by atoms with van der Waals surface area (Å²) in [6.45, 7) is 1.41. The minimum absolute atomic E-state index is 0.141. The lowest BCUT2D eigenvalue weighted by atomic mass is 10.0. The highest BCUT2D eigenvalue weighted by atomic mass is 79.9. The van der Waals surface area contributed by atoms with E-state index in [2.05, 4.69) is 15.9 Å². The second-order valence-corrected chi connectivity index (χ2v) is 3.51. The summed E-state index contributed by atoms with van der Waals surface area (Å²) in [7, 11) is 0. The van der Waals surface area contributed by atoms with Gasteiger partial charge in [-0.1, -0.05) is 15.9 Å². The molecule has 0 unspecified atom stereocenters. The van der Waals surface area contributed by atoms with E-state index in [4.69, 9.17) is 10.5 Å². The van der Waals surface area contributed by atoms with Crippen molar-refractivity contribution < 1.29 is 4.79 Å². The van der Waals surface area contributed by atoms with Gasteiger partial charge in [0, 0.05) is 10.0 Å². The molecule has 0 aromatic heterocycles. The van der Waals surface area contributed by atoms with Crippen molar-refractivity contribution in [3.8, 4) is 12.1 Å². The summed E-state index contributed by atoms with van der Waals surface area (Å²) in [5.41, 5.74) is 0.908. The molecule has 0 radical (unpaired) electrons. The maximum atomic E-state index is 11.1. The summed E-state index contributed by atoms with van der Waals surface area (Å²) in [6.07, 6.45) is 0. The highest BCUT2D eigenvalue weighted by molar-refractivity contribution is 9.10. The molecule has 0 spiro atoms. The first-order valence-electron chi connectivity index (χ1n) is 3.75. The molecule has 3 nitrogen and oxygen atoms in total. The van der Waals surface area contributed by atoms with Gasteiger partial charge >= 0.3 is 0 Å². The normalized spacial score (nSPS) is 8.86. The monoisotopic (exact) mass is 248 g/mol. The lowest BCUT2D eigenvalue weighted by Crippen LogP contribution is -1.96. The molecule has 1 aromatic rings. The molecular formula is C10H5BrN2O. The number of rotatable bonds is 1. The topological polar surface area (TPSA) is 64.7 Å². The fourth-order valence-corrected chi connectivity index (χ4v) is 1.65. The first-order chi connectivity index (χ1) is 6.60. The highest BCUT2D eigenvalue weighted by Gasteiger charge is 2.10. The molecule has 0 aliphatic rings. The summed E-state index contributed by atoms with van der Waals surface area (Å²) in [6, 6.07) is 6.67. The summed E-state index contributed by atoms with van der Waals surface area (Å²) >= 11 is 3.17. The van der Waals surface area contributed by atoms with E-state index in [-0.39, 0.29) is 16.9 Å². The predicted octanol–water partition coefficient (Wildman–Crippen LogP) is 2.40. The Morgan fingerprint density at radius 3 is 2.21 bits per heavy atom. The molecule has 0 aliphatic heterocycles. The van der Waals surface area contributed by atoms with Gasteiger partial charge in [-0.3, -0.25) is 4.79 Å². The third kappa shape index (κ3) is 1.81. The molecule has 14 heavy (non-hydrogen) atoms. The van der Waals surface area contributed by atoms with Crippen molar-refractivity contribution in [2.24, 2.45) is 0 Å². The van der Waals surface area contributed by atoms with Crippen LogP contribution in [-0.2, 0) is 0 Å². The Kier molecular flexibility index (Phi) is 3.01. The van der Waals surface area contributed by atoms with E-state index < -0.39 is 0 Å². The van der Waals surface area contributed by atoms with E-state index >= 15 is 0 Å². The van der Waals surface area contributed by atoms with Crippen LogP contribution >= 0.6 is 15.9 Å². The average Bonchev–Trinajstić information content (AvgIpc) is 2.16. The van der Waals surface area contributed by atoms with E-state index in [0.29, 0.717) is 10.0 Å². The fourth-order valence-electron chi connectivity index (χ4n) is 1.03. The Bertz CT molecular complexity index is 480. The van der Waals surface area contributed by atoms with Crippen molar-refractivity contribution in [2.75, 3.05) is 0 Å². The number of hydrogen-bond acceptors (Lipinski definition) is 3. The molecule has 0 saturated carbocycles. The first kappa shape index (κ1) is 10.4. The fraction of sp³-hybridized carbons (Fsp3) is 0.100. The van der Waals surface area contributed by atoms with Crippen LogP contribution in [0.1, 0.15) is 28.4 Å². The molecule has 0 N–H and O–H groups in total. The number of hydrogen-bond donors (Lipinski definition) is 0. The van der Waals surface area contributed by atoms with Crippen molar-refractivity contribution >= 4 is 21.7 Å². The van der Waals surface area contributed by atoms with Crippen molar-refractivity contribution in [1.82, 2.24) is 0 Å². The Morgan fingerprint density at radius 2 is 1.79 bits per heavy atom. The van der Waals surface area contributed by atoms with Gasteiger partial charge in [0.25, 0.3) is 0 Å². The Morgan fingerprint density at radius 1 is 1.29 bits per heavy atom. The Balaban J connectivity index is 3.50. The number of Topliss-reactive ketones (excluding diaryl/α,β-unsaturated/α-hetero) is 1. The summed E-state index contributed by atoms with van der Waals surface area (Å²) in [5.74, 6) is -0.141. The SMILES string of the molecule is CC(=O)c1cc(C#N)c(C#N)cc1Br. The molecule has 0 fully saturated rings. The van der Waals surface area contributed by atoms with Gasteiger partial charge in [0.05, 0.1) is 11.1 Å². The molecule has 0 saturated heterocycles. The van der Waals surface area contributed by atoms with Gasteiger partial charge in [-0.15, -0.1) is 0 Å². The van der Waals surface area contributed by atoms with Gasteiger partial charge in [-0.2, -0.15) is 10.5 Å². The summed E-state index contributed by atoms with van der Waals surface area (Å²) in [5, 5.41) is 17.4. The van der Waals surface area contributed by atoms with Crippen molar-refractivity contribution in [3.05, 3.63) is 33.3 Å². The van der Waals surface area contributed by atoms with E-state index in [9.17, 15) is 4.79 Å². The first-order valence-corrected chi connectivity index (χ1v) is 4.54. The van der Waals surface area contributed by atoms with Crippen LogP contribution in [0.2, 0.25) is 0 Å². The molecule has 0 atom stereocenters. The largest absolute Gasteiger partial charge is 0.294 e. The summed E-state index contributed by atoms with van der Waals surface area (Å²) < 4.78 is 0.542. The third-order valence-electron chi connectivity index (χ3n) is 1.73. The Labute approximate surface area is 89.7 Å². The quantitative estimate of drug-likeness (QED) is 0.717. The molecule has 0 heterocycles. The van der Waals surface area contributed by atoms with Gasteiger partial charge in [-0.05, 0) is 19.1 Å².